The maximum atomic E-state index is 11.9. The van der Waals surface area contributed by atoms with Crippen molar-refractivity contribution in [3.05, 3.63) is 47.2 Å². The highest BCUT2D eigenvalue weighted by Gasteiger charge is 2.28. The summed E-state index contributed by atoms with van der Waals surface area (Å²) < 4.78 is 11.2. The molecular formula is C18H21N3O3S. The van der Waals surface area contributed by atoms with Crippen LogP contribution in [-0.4, -0.2) is 35.6 Å². The van der Waals surface area contributed by atoms with Gasteiger partial charge in [0.05, 0.1) is 18.1 Å². The summed E-state index contributed by atoms with van der Waals surface area (Å²) in [5, 5.41) is 10.0. The zero-order chi connectivity index (χ0) is 18.0. The zero-order valence-corrected chi connectivity index (χ0v) is 15.3. The number of rotatable bonds is 5. The van der Waals surface area contributed by atoms with E-state index in [2.05, 4.69) is 22.1 Å². The summed E-state index contributed by atoms with van der Waals surface area (Å²) in [4.78, 5) is 11.9. The van der Waals surface area contributed by atoms with Crippen LogP contribution in [0.5, 0.6) is 11.5 Å². The molecule has 6 nitrogen and oxygen atoms in total. The molecule has 0 bridgehead atoms. The molecule has 1 aliphatic heterocycles. The van der Waals surface area contributed by atoms with Crippen molar-refractivity contribution in [2.75, 3.05) is 24.8 Å². The summed E-state index contributed by atoms with van der Waals surface area (Å²) in [6, 6.07) is 5.85. The van der Waals surface area contributed by atoms with Gasteiger partial charge in [0.2, 0.25) is 5.91 Å². The molecule has 1 aromatic carbocycles. The lowest BCUT2D eigenvalue weighted by atomic mass is 10.0. The van der Waals surface area contributed by atoms with Crippen molar-refractivity contribution < 1.29 is 14.3 Å². The number of carbonyl (C=O) groups excluding carboxylic acids is 1. The lowest BCUT2D eigenvalue weighted by Crippen LogP contribution is -2.12. The van der Waals surface area contributed by atoms with Crippen LogP contribution in [0.4, 0.5) is 5.82 Å². The molecule has 1 amide bonds. The van der Waals surface area contributed by atoms with Crippen LogP contribution in [0.1, 0.15) is 29.0 Å². The average Bonchev–Trinajstić information content (AvgIpc) is 2.84. The highest BCUT2D eigenvalue weighted by atomic mass is 32.2. The van der Waals surface area contributed by atoms with Crippen LogP contribution < -0.4 is 14.8 Å². The van der Waals surface area contributed by atoms with E-state index in [0.29, 0.717) is 29.7 Å². The fourth-order valence-corrected chi connectivity index (χ4v) is 3.88. The zero-order valence-electron chi connectivity index (χ0n) is 14.5. The van der Waals surface area contributed by atoms with Gasteiger partial charge >= 0.3 is 0 Å². The summed E-state index contributed by atoms with van der Waals surface area (Å²) in [6.07, 6.45) is 0. The highest BCUT2D eigenvalue weighted by Crippen LogP contribution is 2.44. The summed E-state index contributed by atoms with van der Waals surface area (Å²) in [5.74, 6) is 2.25. The van der Waals surface area contributed by atoms with E-state index >= 15 is 0 Å². The quantitative estimate of drug-likeness (QED) is 0.800. The van der Waals surface area contributed by atoms with Gasteiger partial charge in [-0.3, -0.25) is 9.89 Å². The molecule has 25 heavy (non-hydrogen) atoms. The van der Waals surface area contributed by atoms with E-state index in [1.54, 1.807) is 18.9 Å². The molecule has 0 saturated heterocycles. The van der Waals surface area contributed by atoms with E-state index in [-0.39, 0.29) is 11.2 Å². The lowest BCUT2D eigenvalue weighted by Gasteiger charge is -2.18. The number of hydrogen-bond donors (Lipinski definition) is 2. The van der Waals surface area contributed by atoms with E-state index in [1.165, 1.54) is 0 Å². The number of aryl methyl sites for hydroxylation is 1. The molecule has 1 atom stereocenters. The molecule has 1 aliphatic rings. The fraction of sp³-hybridized carbons (Fsp3) is 0.333. The number of nitrogens with one attached hydrogen (secondary N) is 2. The number of hydrogen-bond acceptors (Lipinski definition) is 5. The van der Waals surface area contributed by atoms with Crippen LogP contribution in [0, 0.1) is 6.92 Å². The molecule has 0 radical (unpaired) electrons. The molecule has 1 unspecified atom stereocenters. The van der Waals surface area contributed by atoms with Gasteiger partial charge in [-0.1, -0.05) is 12.6 Å². The number of thioether (sulfide) groups is 1. The third-order valence-electron chi connectivity index (χ3n) is 3.86. The van der Waals surface area contributed by atoms with Crippen molar-refractivity contribution in [1.82, 2.24) is 10.2 Å². The van der Waals surface area contributed by atoms with E-state index in [1.807, 2.05) is 32.0 Å². The predicted octanol–water partition coefficient (Wildman–Crippen LogP) is 3.46. The Bertz CT molecular complexity index is 816. The first-order valence-corrected chi connectivity index (χ1v) is 8.96. The van der Waals surface area contributed by atoms with Gasteiger partial charge in [0.15, 0.2) is 17.3 Å². The third kappa shape index (κ3) is 3.66. The van der Waals surface area contributed by atoms with Gasteiger partial charge < -0.3 is 14.8 Å². The maximum absolute atomic E-state index is 11.9. The van der Waals surface area contributed by atoms with Gasteiger partial charge in [-0.25, -0.2) is 0 Å². The number of methoxy groups -OCH3 is 1. The average molecular weight is 359 g/mol. The normalized spacial score (nSPS) is 16.6. The SMILES string of the molecule is C=C(C)COc1ccc(C2SCC(=O)Nc3n[nH]c(C)c32)cc1OC. The number of aromatic amines is 1. The number of anilines is 1. The fourth-order valence-electron chi connectivity index (χ4n) is 2.69. The van der Waals surface area contributed by atoms with Gasteiger partial charge in [-0.2, -0.15) is 5.10 Å². The van der Waals surface area contributed by atoms with E-state index in [0.717, 1.165) is 22.4 Å². The minimum absolute atomic E-state index is 0.0169. The topological polar surface area (TPSA) is 76.2 Å². The van der Waals surface area contributed by atoms with Crippen LogP contribution in [0.15, 0.2) is 30.4 Å². The Morgan fingerprint density at radius 3 is 2.96 bits per heavy atom. The first kappa shape index (κ1) is 17.4. The number of fused-ring (bicyclic) bond motifs is 1. The molecule has 2 aromatic rings. The first-order valence-electron chi connectivity index (χ1n) is 7.91. The minimum atomic E-state index is -0.0476. The number of aromatic nitrogens is 2. The number of carbonyl (C=O) groups is 1. The summed E-state index contributed by atoms with van der Waals surface area (Å²) in [5.41, 5.74) is 3.91. The Morgan fingerprint density at radius 1 is 1.44 bits per heavy atom. The van der Waals surface area contributed by atoms with Crippen molar-refractivity contribution in [3.63, 3.8) is 0 Å². The molecule has 132 valence electrons. The second-order valence-corrected chi connectivity index (χ2v) is 7.10. The number of nitrogens with zero attached hydrogens (tertiary/aromatic N) is 1. The van der Waals surface area contributed by atoms with Gasteiger partial charge in [-0.15, -0.1) is 11.8 Å². The largest absolute Gasteiger partial charge is 0.493 e. The summed E-state index contributed by atoms with van der Waals surface area (Å²) in [6.45, 7) is 8.16. The molecular weight excluding hydrogens is 338 g/mol. The third-order valence-corrected chi connectivity index (χ3v) is 5.13. The second kappa shape index (κ2) is 7.23. The van der Waals surface area contributed by atoms with Crippen LogP contribution >= 0.6 is 11.8 Å². The monoisotopic (exact) mass is 359 g/mol. The Kier molecular flexibility index (Phi) is 5.03. The number of ether oxygens (including phenoxy) is 2. The molecule has 2 heterocycles. The molecule has 1 aromatic heterocycles. The Hall–Kier alpha value is -2.41. The standard InChI is InChI=1S/C18H21N3O3S/c1-10(2)8-24-13-6-5-12(7-14(13)23-4)17-16-11(3)20-21-18(16)19-15(22)9-25-17/h5-7,17H,1,8-9H2,2-4H3,(H2,19,20,21,22). The van der Waals surface area contributed by atoms with Gasteiger partial charge in [-0.05, 0) is 37.1 Å². The van der Waals surface area contributed by atoms with Crippen molar-refractivity contribution in [2.45, 2.75) is 19.1 Å². The van der Waals surface area contributed by atoms with Gasteiger partial charge in [0, 0.05) is 11.3 Å². The molecule has 7 heteroatoms. The highest BCUT2D eigenvalue weighted by molar-refractivity contribution is 8.00. The minimum Gasteiger partial charge on any atom is -0.493 e. The van der Waals surface area contributed by atoms with E-state index in [9.17, 15) is 4.79 Å². The van der Waals surface area contributed by atoms with Crippen molar-refractivity contribution >= 4 is 23.5 Å². The van der Waals surface area contributed by atoms with Crippen LogP contribution in [0.25, 0.3) is 0 Å². The number of benzene rings is 1. The Balaban J connectivity index is 1.97. The van der Waals surface area contributed by atoms with E-state index in [4.69, 9.17) is 9.47 Å². The number of amides is 1. The van der Waals surface area contributed by atoms with Crippen molar-refractivity contribution in [3.8, 4) is 11.5 Å². The van der Waals surface area contributed by atoms with Crippen LogP contribution in [0.3, 0.4) is 0 Å². The van der Waals surface area contributed by atoms with Crippen LogP contribution in [-0.2, 0) is 4.79 Å². The van der Waals surface area contributed by atoms with E-state index < -0.39 is 0 Å². The Morgan fingerprint density at radius 2 is 2.24 bits per heavy atom. The van der Waals surface area contributed by atoms with Crippen LogP contribution in [0.2, 0.25) is 0 Å². The molecule has 0 aliphatic carbocycles. The Labute approximate surface area is 151 Å². The lowest BCUT2D eigenvalue weighted by molar-refractivity contribution is -0.113. The molecule has 0 spiro atoms. The van der Waals surface area contributed by atoms with Gasteiger partial charge in [0.25, 0.3) is 0 Å². The first-order chi connectivity index (χ1) is 12.0. The predicted molar refractivity (Wildman–Crippen MR) is 99.6 cm³/mol. The van der Waals surface area contributed by atoms with Crippen molar-refractivity contribution in [1.29, 1.82) is 0 Å². The molecule has 2 N–H and O–H groups in total. The smallest absolute Gasteiger partial charge is 0.235 e. The summed E-state index contributed by atoms with van der Waals surface area (Å²) >= 11 is 1.57. The maximum Gasteiger partial charge on any atom is 0.235 e. The summed E-state index contributed by atoms with van der Waals surface area (Å²) in [7, 11) is 1.62. The molecule has 0 fully saturated rings. The van der Waals surface area contributed by atoms with Gasteiger partial charge in [0.1, 0.15) is 6.61 Å². The number of H-pyrrole nitrogens is 1. The van der Waals surface area contributed by atoms with Crippen molar-refractivity contribution in [2.24, 2.45) is 0 Å². The molecule has 3 rings (SSSR count). The second-order valence-electron chi connectivity index (χ2n) is 6.01. The molecule has 0 saturated carbocycles.